The molecule has 0 spiro atoms. The average Bonchev–Trinajstić information content (AvgIpc) is 2.25. The van der Waals surface area contributed by atoms with E-state index in [-0.39, 0.29) is 5.91 Å². The van der Waals surface area contributed by atoms with Crippen LogP contribution in [0.4, 0.5) is 0 Å². The zero-order chi connectivity index (χ0) is 13.6. The molecule has 4 aliphatic carbocycles. The lowest BCUT2D eigenvalue weighted by Crippen LogP contribution is -2.55. The van der Waals surface area contributed by atoms with Gasteiger partial charge in [-0.25, -0.2) is 0 Å². The summed E-state index contributed by atoms with van der Waals surface area (Å²) in [5, 5.41) is 3.33. The fraction of sp³-hybridized carbons (Fsp3) is 0.941. The number of nitrogens with one attached hydrogen (secondary N) is 1. The minimum Gasteiger partial charge on any atom is -0.353 e. The number of carbonyl (C=O) groups excluding carboxylic acids is 1. The maximum atomic E-state index is 12.0. The number of hydrogen-bond donors (Lipinski definition) is 1. The first-order valence-electron chi connectivity index (χ1n) is 8.26. The van der Waals surface area contributed by atoms with Crippen molar-refractivity contribution in [1.82, 2.24) is 5.32 Å². The molecule has 1 N–H and O–H groups in total. The fourth-order valence-corrected chi connectivity index (χ4v) is 5.53. The van der Waals surface area contributed by atoms with Crippen molar-refractivity contribution in [2.75, 3.05) is 0 Å². The van der Waals surface area contributed by atoms with Gasteiger partial charge >= 0.3 is 0 Å². The number of carbonyl (C=O) groups is 1. The van der Waals surface area contributed by atoms with Crippen molar-refractivity contribution in [3.8, 4) is 0 Å². The van der Waals surface area contributed by atoms with Crippen LogP contribution < -0.4 is 5.32 Å². The Labute approximate surface area is 117 Å². The first-order chi connectivity index (χ1) is 8.97. The Hall–Kier alpha value is -0.530. The third-order valence-corrected chi connectivity index (χ3v) is 5.98. The van der Waals surface area contributed by atoms with E-state index in [2.05, 4.69) is 26.1 Å². The second kappa shape index (κ2) is 4.79. The van der Waals surface area contributed by atoms with E-state index < -0.39 is 0 Å². The van der Waals surface area contributed by atoms with Crippen LogP contribution in [0, 0.1) is 29.1 Å². The molecule has 19 heavy (non-hydrogen) atoms. The van der Waals surface area contributed by atoms with Crippen LogP contribution >= 0.6 is 0 Å². The molecule has 4 rings (SSSR count). The highest BCUT2D eigenvalue weighted by Gasteiger charge is 2.53. The summed E-state index contributed by atoms with van der Waals surface area (Å²) in [6.07, 6.45) is 9.24. The van der Waals surface area contributed by atoms with Crippen molar-refractivity contribution >= 4 is 5.91 Å². The Bertz CT molecular complexity index is 325. The van der Waals surface area contributed by atoms with Gasteiger partial charge in [-0.1, -0.05) is 13.8 Å². The molecule has 4 fully saturated rings. The lowest BCUT2D eigenvalue weighted by atomic mass is 9.48. The fourth-order valence-electron chi connectivity index (χ4n) is 5.53. The molecule has 1 amide bonds. The van der Waals surface area contributed by atoms with E-state index in [0.29, 0.717) is 23.8 Å². The van der Waals surface area contributed by atoms with Crippen molar-refractivity contribution in [3.05, 3.63) is 0 Å². The van der Waals surface area contributed by atoms with Crippen LogP contribution in [0.5, 0.6) is 0 Å². The number of amides is 1. The normalized spacial score (nSPS) is 41.6. The molecule has 4 aliphatic rings. The molecule has 0 aromatic carbocycles. The van der Waals surface area contributed by atoms with Crippen LogP contribution in [0.15, 0.2) is 0 Å². The maximum absolute atomic E-state index is 12.0. The summed E-state index contributed by atoms with van der Waals surface area (Å²) >= 11 is 0. The quantitative estimate of drug-likeness (QED) is 0.822. The Kier molecular flexibility index (Phi) is 3.39. The Balaban J connectivity index is 1.66. The van der Waals surface area contributed by atoms with E-state index in [1.54, 1.807) is 0 Å². The van der Waals surface area contributed by atoms with E-state index in [4.69, 9.17) is 0 Å². The van der Waals surface area contributed by atoms with Gasteiger partial charge in [-0.05, 0) is 74.5 Å². The summed E-state index contributed by atoms with van der Waals surface area (Å²) in [4.78, 5) is 12.0. The highest BCUT2D eigenvalue weighted by atomic mass is 16.1. The van der Waals surface area contributed by atoms with Gasteiger partial charge in [0.1, 0.15) is 0 Å². The van der Waals surface area contributed by atoms with E-state index in [0.717, 1.165) is 17.8 Å². The minimum absolute atomic E-state index is 0.262. The second-order valence-electron chi connectivity index (χ2n) is 8.17. The largest absolute Gasteiger partial charge is 0.353 e. The Morgan fingerprint density at radius 1 is 1.05 bits per heavy atom. The molecule has 0 unspecified atom stereocenters. The predicted molar refractivity (Wildman–Crippen MR) is 77.7 cm³/mol. The standard InChI is InChI=1S/C17H29NO/c1-11(2)4-16(19)18-12(3)17-8-13-5-14(9-17)7-15(6-13)10-17/h11-15H,4-10H2,1-3H3,(H,18,19)/t12-,13?,14?,15?,17?/m0/s1. The van der Waals surface area contributed by atoms with Crippen molar-refractivity contribution in [3.63, 3.8) is 0 Å². The first-order valence-corrected chi connectivity index (χ1v) is 8.26. The van der Waals surface area contributed by atoms with Crippen LogP contribution in [-0.2, 0) is 4.79 Å². The number of hydrogen-bond acceptors (Lipinski definition) is 1. The minimum atomic E-state index is 0.262. The molecule has 0 heterocycles. The summed E-state index contributed by atoms with van der Waals surface area (Å²) in [6, 6.07) is 0.382. The van der Waals surface area contributed by atoms with Crippen molar-refractivity contribution in [2.45, 2.75) is 71.8 Å². The van der Waals surface area contributed by atoms with Gasteiger partial charge in [0.15, 0.2) is 0 Å². The summed E-state index contributed by atoms with van der Waals surface area (Å²) in [5.41, 5.74) is 0.446. The molecule has 0 aromatic heterocycles. The molecule has 0 aliphatic heterocycles. The molecular weight excluding hydrogens is 234 g/mol. The summed E-state index contributed by atoms with van der Waals surface area (Å²) < 4.78 is 0. The van der Waals surface area contributed by atoms with Crippen LogP contribution in [0.3, 0.4) is 0 Å². The molecular formula is C17H29NO. The van der Waals surface area contributed by atoms with Gasteiger partial charge in [0, 0.05) is 12.5 Å². The van der Waals surface area contributed by atoms with Gasteiger partial charge in [-0.3, -0.25) is 4.79 Å². The Morgan fingerprint density at radius 2 is 1.53 bits per heavy atom. The van der Waals surface area contributed by atoms with Gasteiger partial charge in [-0.2, -0.15) is 0 Å². The molecule has 4 bridgehead atoms. The van der Waals surface area contributed by atoms with E-state index in [1.807, 2.05) is 0 Å². The monoisotopic (exact) mass is 263 g/mol. The highest BCUT2D eigenvalue weighted by molar-refractivity contribution is 5.76. The molecule has 0 aromatic rings. The predicted octanol–water partition coefficient (Wildman–Crippen LogP) is 3.75. The molecule has 4 saturated carbocycles. The van der Waals surface area contributed by atoms with Crippen LogP contribution in [0.25, 0.3) is 0 Å². The van der Waals surface area contributed by atoms with E-state index in [9.17, 15) is 4.79 Å². The maximum Gasteiger partial charge on any atom is 0.220 e. The molecule has 0 radical (unpaired) electrons. The van der Waals surface area contributed by atoms with Gasteiger partial charge in [0.2, 0.25) is 5.91 Å². The highest BCUT2D eigenvalue weighted by Crippen LogP contribution is 2.61. The van der Waals surface area contributed by atoms with Gasteiger partial charge in [0.05, 0.1) is 0 Å². The van der Waals surface area contributed by atoms with Gasteiger partial charge in [0.25, 0.3) is 0 Å². The van der Waals surface area contributed by atoms with Gasteiger partial charge < -0.3 is 5.32 Å². The first kappa shape index (κ1) is 13.5. The van der Waals surface area contributed by atoms with Crippen LogP contribution in [-0.4, -0.2) is 11.9 Å². The van der Waals surface area contributed by atoms with Crippen molar-refractivity contribution in [1.29, 1.82) is 0 Å². The van der Waals surface area contributed by atoms with Crippen LogP contribution in [0.2, 0.25) is 0 Å². The summed E-state index contributed by atoms with van der Waals surface area (Å²) in [7, 11) is 0. The molecule has 2 heteroatoms. The van der Waals surface area contributed by atoms with E-state index >= 15 is 0 Å². The smallest absolute Gasteiger partial charge is 0.220 e. The molecule has 0 saturated heterocycles. The molecule has 108 valence electrons. The van der Waals surface area contributed by atoms with Gasteiger partial charge in [-0.15, -0.1) is 0 Å². The number of rotatable bonds is 4. The van der Waals surface area contributed by atoms with Crippen molar-refractivity contribution < 1.29 is 4.79 Å². The lowest BCUT2D eigenvalue weighted by molar-refractivity contribution is -0.126. The molecule has 1 atom stereocenters. The van der Waals surface area contributed by atoms with Crippen molar-refractivity contribution in [2.24, 2.45) is 29.1 Å². The average molecular weight is 263 g/mol. The SMILES string of the molecule is CC(C)CC(=O)N[C@@H](C)C12CC3CC(CC(C3)C1)C2. The van der Waals surface area contributed by atoms with Crippen LogP contribution in [0.1, 0.15) is 65.7 Å². The Morgan fingerprint density at radius 3 is 1.95 bits per heavy atom. The topological polar surface area (TPSA) is 29.1 Å². The second-order valence-corrected chi connectivity index (χ2v) is 8.17. The third-order valence-electron chi connectivity index (χ3n) is 5.98. The lowest BCUT2D eigenvalue weighted by Gasteiger charge is -2.59. The molecule has 2 nitrogen and oxygen atoms in total. The zero-order valence-corrected chi connectivity index (χ0v) is 12.7. The summed E-state index contributed by atoms with van der Waals surface area (Å²) in [5.74, 6) is 3.63. The summed E-state index contributed by atoms with van der Waals surface area (Å²) in [6.45, 7) is 6.51. The third kappa shape index (κ3) is 2.55. The van der Waals surface area contributed by atoms with E-state index in [1.165, 1.54) is 38.5 Å². The zero-order valence-electron chi connectivity index (χ0n) is 12.7.